The average molecular weight is 297 g/mol. The van der Waals surface area contributed by atoms with Gasteiger partial charge in [0.25, 0.3) is 0 Å². The molecule has 1 rings (SSSR count). The fourth-order valence-corrected chi connectivity index (χ4v) is 2.86. The van der Waals surface area contributed by atoms with Gasteiger partial charge in [-0.2, -0.15) is 0 Å². The van der Waals surface area contributed by atoms with Crippen molar-refractivity contribution < 1.29 is 9.59 Å². The van der Waals surface area contributed by atoms with Crippen LogP contribution in [0.2, 0.25) is 0 Å². The third kappa shape index (κ3) is 4.43. The molecule has 122 valence electrons. The van der Waals surface area contributed by atoms with E-state index < -0.39 is 5.54 Å². The van der Waals surface area contributed by atoms with Gasteiger partial charge >= 0.3 is 0 Å². The number of hydrogen-bond donors (Lipinski definition) is 1. The van der Waals surface area contributed by atoms with Crippen molar-refractivity contribution >= 4 is 11.8 Å². The SMILES string of the molecule is CCCC(C)(N)C(=O)N1CCC(C(=O)N(C)C(C)C)CC1. The smallest absolute Gasteiger partial charge is 0.242 e. The maximum Gasteiger partial charge on any atom is 0.242 e. The summed E-state index contributed by atoms with van der Waals surface area (Å²) in [5, 5.41) is 0. The predicted octanol–water partition coefficient (Wildman–Crippen LogP) is 1.61. The van der Waals surface area contributed by atoms with E-state index in [2.05, 4.69) is 0 Å². The van der Waals surface area contributed by atoms with Crippen LogP contribution in [0, 0.1) is 5.92 Å². The summed E-state index contributed by atoms with van der Waals surface area (Å²) in [6, 6.07) is 0.217. The van der Waals surface area contributed by atoms with Gasteiger partial charge in [-0.15, -0.1) is 0 Å². The van der Waals surface area contributed by atoms with Gasteiger partial charge in [-0.3, -0.25) is 9.59 Å². The van der Waals surface area contributed by atoms with Gasteiger partial charge in [0, 0.05) is 32.1 Å². The Balaban J connectivity index is 2.56. The van der Waals surface area contributed by atoms with Crippen LogP contribution < -0.4 is 5.73 Å². The van der Waals surface area contributed by atoms with Crippen LogP contribution in [0.1, 0.15) is 53.4 Å². The first-order valence-corrected chi connectivity index (χ1v) is 8.05. The molecule has 0 radical (unpaired) electrons. The highest BCUT2D eigenvalue weighted by Crippen LogP contribution is 2.23. The molecule has 2 amide bonds. The first-order chi connectivity index (χ1) is 9.70. The van der Waals surface area contributed by atoms with E-state index in [1.807, 2.05) is 39.6 Å². The van der Waals surface area contributed by atoms with Crippen molar-refractivity contribution in [1.82, 2.24) is 9.80 Å². The van der Waals surface area contributed by atoms with Crippen molar-refractivity contribution in [3.8, 4) is 0 Å². The highest BCUT2D eigenvalue weighted by atomic mass is 16.2. The van der Waals surface area contributed by atoms with E-state index in [-0.39, 0.29) is 23.8 Å². The summed E-state index contributed by atoms with van der Waals surface area (Å²) in [5.41, 5.74) is 5.34. The van der Waals surface area contributed by atoms with Gasteiger partial charge < -0.3 is 15.5 Å². The normalized spacial score (nSPS) is 19.5. The van der Waals surface area contributed by atoms with Crippen LogP contribution in [0.3, 0.4) is 0 Å². The van der Waals surface area contributed by atoms with Gasteiger partial charge in [-0.25, -0.2) is 0 Å². The second-order valence-corrected chi connectivity index (χ2v) is 6.78. The zero-order chi connectivity index (χ0) is 16.2. The molecule has 0 aromatic heterocycles. The lowest BCUT2D eigenvalue weighted by Gasteiger charge is -2.37. The second-order valence-electron chi connectivity index (χ2n) is 6.78. The van der Waals surface area contributed by atoms with E-state index in [1.165, 1.54) is 0 Å². The molecule has 0 aliphatic carbocycles. The van der Waals surface area contributed by atoms with E-state index in [1.54, 1.807) is 4.90 Å². The number of hydrogen-bond acceptors (Lipinski definition) is 3. The van der Waals surface area contributed by atoms with E-state index in [9.17, 15) is 9.59 Å². The van der Waals surface area contributed by atoms with E-state index in [4.69, 9.17) is 5.73 Å². The summed E-state index contributed by atoms with van der Waals surface area (Å²) in [7, 11) is 1.85. The highest BCUT2D eigenvalue weighted by molar-refractivity contribution is 5.86. The zero-order valence-electron chi connectivity index (χ0n) is 14.2. The molecule has 1 heterocycles. The van der Waals surface area contributed by atoms with Crippen molar-refractivity contribution in [2.24, 2.45) is 11.7 Å². The van der Waals surface area contributed by atoms with Gasteiger partial charge in [0.1, 0.15) is 0 Å². The lowest BCUT2D eigenvalue weighted by Crippen LogP contribution is -2.55. The van der Waals surface area contributed by atoms with Crippen LogP contribution in [-0.4, -0.2) is 53.3 Å². The molecular formula is C16H31N3O2. The standard InChI is InChI=1S/C16H31N3O2/c1-6-9-16(4,17)15(21)19-10-7-13(8-11-19)14(20)18(5)12(2)3/h12-13H,6-11,17H2,1-5H3. The van der Waals surface area contributed by atoms with E-state index >= 15 is 0 Å². The summed E-state index contributed by atoms with van der Waals surface area (Å²) in [6.07, 6.45) is 3.07. The molecule has 1 aliphatic heterocycles. The number of carbonyl (C=O) groups excluding carboxylic acids is 2. The summed E-state index contributed by atoms with van der Waals surface area (Å²) >= 11 is 0. The number of nitrogens with two attached hydrogens (primary N) is 1. The lowest BCUT2D eigenvalue weighted by molar-refractivity contribution is -0.143. The minimum atomic E-state index is -0.777. The Hall–Kier alpha value is -1.10. The predicted molar refractivity (Wildman–Crippen MR) is 84.7 cm³/mol. The fraction of sp³-hybridized carbons (Fsp3) is 0.875. The molecule has 0 aromatic carbocycles. The fourth-order valence-electron chi connectivity index (χ4n) is 2.86. The molecule has 1 unspecified atom stereocenters. The zero-order valence-corrected chi connectivity index (χ0v) is 14.2. The molecule has 5 heteroatoms. The molecular weight excluding hydrogens is 266 g/mol. The number of amides is 2. The van der Waals surface area contributed by atoms with Gasteiger partial charge in [0.15, 0.2) is 0 Å². The topological polar surface area (TPSA) is 66.6 Å². The third-order valence-electron chi connectivity index (χ3n) is 4.51. The Morgan fingerprint density at radius 2 is 1.86 bits per heavy atom. The van der Waals surface area contributed by atoms with Crippen molar-refractivity contribution in [1.29, 1.82) is 0 Å². The molecule has 1 atom stereocenters. The number of nitrogens with zero attached hydrogens (tertiary/aromatic N) is 2. The highest BCUT2D eigenvalue weighted by Gasteiger charge is 2.35. The average Bonchev–Trinajstić information content (AvgIpc) is 2.45. The quantitative estimate of drug-likeness (QED) is 0.838. The monoisotopic (exact) mass is 297 g/mol. The van der Waals surface area contributed by atoms with E-state index in [0.29, 0.717) is 19.5 Å². The van der Waals surface area contributed by atoms with Crippen LogP contribution in [0.5, 0.6) is 0 Å². The molecule has 0 saturated carbocycles. The van der Waals surface area contributed by atoms with Crippen LogP contribution in [-0.2, 0) is 9.59 Å². The third-order valence-corrected chi connectivity index (χ3v) is 4.51. The molecule has 1 saturated heterocycles. The molecule has 0 bridgehead atoms. The molecule has 2 N–H and O–H groups in total. The van der Waals surface area contributed by atoms with Crippen LogP contribution in [0.4, 0.5) is 0 Å². The Morgan fingerprint density at radius 3 is 2.29 bits per heavy atom. The first-order valence-electron chi connectivity index (χ1n) is 8.05. The van der Waals surface area contributed by atoms with Crippen LogP contribution >= 0.6 is 0 Å². The van der Waals surface area contributed by atoms with Crippen LogP contribution in [0.25, 0.3) is 0 Å². The molecule has 0 aromatic rings. The van der Waals surface area contributed by atoms with Gasteiger partial charge in [-0.1, -0.05) is 13.3 Å². The lowest BCUT2D eigenvalue weighted by atomic mass is 9.91. The minimum absolute atomic E-state index is 0.0208. The molecule has 0 spiro atoms. The van der Waals surface area contributed by atoms with Crippen molar-refractivity contribution in [2.45, 2.75) is 65.0 Å². The van der Waals surface area contributed by atoms with Crippen LogP contribution in [0.15, 0.2) is 0 Å². The Morgan fingerprint density at radius 1 is 1.33 bits per heavy atom. The maximum atomic E-state index is 12.4. The Labute approximate surface area is 128 Å². The first kappa shape index (κ1) is 18.0. The summed E-state index contributed by atoms with van der Waals surface area (Å²) in [4.78, 5) is 28.4. The molecule has 21 heavy (non-hydrogen) atoms. The van der Waals surface area contributed by atoms with Gasteiger partial charge in [0.2, 0.25) is 11.8 Å². The Bertz CT molecular complexity index is 372. The maximum absolute atomic E-state index is 12.4. The molecule has 1 fully saturated rings. The molecule has 5 nitrogen and oxygen atoms in total. The van der Waals surface area contributed by atoms with E-state index in [0.717, 1.165) is 19.3 Å². The minimum Gasteiger partial charge on any atom is -0.343 e. The summed E-state index contributed by atoms with van der Waals surface area (Å²) in [5.74, 6) is 0.255. The van der Waals surface area contributed by atoms with Gasteiger partial charge in [0.05, 0.1) is 5.54 Å². The van der Waals surface area contributed by atoms with Crippen molar-refractivity contribution in [3.05, 3.63) is 0 Å². The number of rotatable bonds is 5. The van der Waals surface area contributed by atoms with Gasteiger partial charge in [-0.05, 0) is 40.0 Å². The molecule has 1 aliphatic rings. The second kappa shape index (κ2) is 7.25. The number of piperidine rings is 1. The Kier molecular flexibility index (Phi) is 6.20. The number of likely N-dealkylation sites (tertiary alicyclic amines) is 1. The summed E-state index contributed by atoms with van der Waals surface area (Å²) < 4.78 is 0. The van der Waals surface area contributed by atoms with Crippen molar-refractivity contribution in [2.75, 3.05) is 20.1 Å². The summed E-state index contributed by atoms with van der Waals surface area (Å²) in [6.45, 7) is 9.14. The number of carbonyl (C=O) groups is 2. The largest absolute Gasteiger partial charge is 0.343 e. The van der Waals surface area contributed by atoms with Crippen molar-refractivity contribution in [3.63, 3.8) is 0 Å².